The molecular formula is C12H15N5O2. The summed E-state index contributed by atoms with van der Waals surface area (Å²) in [7, 11) is 0. The van der Waals surface area contributed by atoms with Crippen LogP contribution in [-0.2, 0) is 4.79 Å². The summed E-state index contributed by atoms with van der Waals surface area (Å²) in [6.07, 6.45) is 2.34. The van der Waals surface area contributed by atoms with E-state index >= 15 is 0 Å². The molecule has 0 bridgehead atoms. The van der Waals surface area contributed by atoms with Gasteiger partial charge in [0, 0.05) is 26.2 Å². The maximum Gasteiger partial charge on any atom is 0.317 e. The van der Waals surface area contributed by atoms with Gasteiger partial charge in [-0.1, -0.05) is 0 Å². The molecule has 1 N–H and O–H groups in total. The van der Waals surface area contributed by atoms with Gasteiger partial charge in [-0.15, -0.1) is 5.10 Å². The van der Waals surface area contributed by atoms with Crippen LogP contribution in [0, 0.1) is 11.3 Å². The molecule has 2 rings (SSSR count). The molecule has 1 aromatic heterocycles. The largest absolute Gasteiger partial charge is 0.480 e. The van der Waals surface area contributed by atoms with E-state index in [4.69, 9.17) is 10.4 Å². The van der Waals surface area contributed by atoms with Gasteiger partial charge in [-0.25, -0.2) is 0 Å². The lowest BCUT2D eigenvalue weighted by atomic mass is 10.2. The lowest BCUT2D eigenvalue weighted by Crippen LogP contribution is -2.34. The highest BCUT2D eigenvalue weighted by molar-refractivity contribution is 5.69. The molecular weight excluding hydrogens is 246 g/mol. The van der Waals surface area contributed by atoms with Gasteiger partial charge in [0.15, 0.2) is 5.82 Å². The fraction of sp³-hybridized carbons (Fsp3) is 0.500. The van der Waals surface area contributed by atoms with Crippen molar-refractivity contribution in [1.82, 2.24) is 15.1 Å². The van der Waals surface area contributed by atoms with Crippen LogP contribution in [0.4, 0.5) is 5.82 Å². The fourth-order valence-corrected chi connectivity index (χ4v) is 2.18. The number of carboxylic acid groups (broad SMARTS) is 1. The van der Waals surface area contributed by atoms with E-state index in [9.17, 15) is 4.79 Å². The van der Waals surface area contributed by atoms with Gasteiger partial charge in [0.25, 0.3) is 0 Å². The van der Waals surface area contributed by atoms with Crippen LogP contribution < -0.4 is 4.90 Å². The number of nitrogens with zero attached hydrogens (tertiary/aromatic N) is 5. The summed E-state index contributed by atoms with van der Waals surface area (Å²) in [5.74, 6) is -0.229. The van der Waals surface area contributed by atoms with Crippen LogP contribution in [0.1, 0.15) is 12.0 Å². The van der Waals surface area contributed by atoms with E-state index in [-0.39, 0.29) is 6.54 Å². The number of anilines is 1. The molecule has 0 atom stereocenters. The van der Waals surface area contributed by atoms with Gasteiger partial charge < -0.3 is 10.0 Å². The van der Waals surface area contributed by atoms with Gasteiger partial charge in [-0.05, 0) is 12.5 Å². The number of hydrogen-bond acceptors (Lipinski definition) is 6. The van der Waals surface area contributed by atoms with Gasteiger partial charge in [-0.2, -0.15) is 10.4 Å². The van der Waals surface area contributed by atoms with Crippen LogP contribution in [0.25, 0.3) is 0 Å². The smallest absolute Gasteiger partial charge is 0.317 e. The minimum Gasteiger partial charge on any atom is -0.480 e. The Morgan fingerprint density at radius 1 is 1.42 bits per heavy atom. The van der Waals surface area contributed by atoms with Crippen molar-refractivity contribution >= 4 is 11.8 Å². The summed E-state index contributed by atoms with van der Waals surface area (Å²) in [5, 5.41) is 25.7. The third-order valence-electron chi connectivity index (χ3n) is 3.07. The second-order valence-corrected chi connectivity index (χ2v) is 4.39. The molecule has 0 saturated carbocycles. The molecule has 1 saturated heterocycles. The SMILES string of the molecule is N#Cc1ccnnc1N1CCCN(CC(=O)O)CC1. The Morgan fingerprint density at radius 2 is 2.26 bits per heavy atom. The van der Waals surface area contributed by atoms with E-state index in [1.807, 2.05) is 9.80 Å². The van der Waals surface area contributed by atoms with Crippen LogP contribution in [0.15, 0.2) is 12.3 Å². The summed E-state index contributed by atoms with van der Waals surface area (Å²) in [6.45, 7) is 2.85. The lowest BCUT2D eigenvalue weighted by molar-refractivity contribution is -0.138. The summed E-state index contributed by atoms with van der Waals surface area (Å²) < 4.78 is 0. The van der Waals surface area contributed by atoms with E-state index in [0.717, 1.165) is 19.5 Å². The van der Waals surface area contributed by atoms with E-state index in [1.54, 1.807) is 6.07 Å². The maximum absolute atomic E-state index is 10.7. The van der Waals surface area contributed by atoms with Crippen LogP contribution in [-0.4, -0.2) is 58.9 Å². The molecule has 1 aromatic rings. The molecule has 0 radical (unpaired) electrons. The Morgan fingerprint density at radius 3 is 3.00 bits per heavy atom. The minimum atomic E-state index is -0.814. The Kier molecular flexibility index (Phi) is 4.26. The summed E-state index contributed by atoms with van der Waals surface area (Å²) >= 11 is 0. The standard InChI is InChI=1S/C12H15N5O2/c13-8-10-2-3-14-15-12(10)17-5-1-4-16(6-7-17)9-11(18)19/h2-3H,1,4-7,9H2,(H,18,19). The third kappa shape index (κ3) is 3.39. The first-order chi connectivity index (χ1) is 9.20. The average Bonchev–Trinajstić information content (AvgIpc) is 2.63. The summed E-state index contributed by atoms with van der Waals surface area (Å²) in [5.41, 5.74) is 0.502. The topological polar surface area (TPSA) is 93.4 Å². The van der Waals surface area contributed by atoms with E-state index < -0.39 is 5.97 Å². The number of rotatable bonds is 3. The summed E-state index contributed by atoms with van der Waals surface area (Å²) in [6, 6.07) is 3.75. The van der Waals surface area contributed by atoms with Crippen LogP contribution in [0.3, 0.4) is 0 Å². The molecule has 1 aliphatic heterocycles. The predicted molar refractivity (Wildman–Crippen MR) is 67.7 cm³/mol. The second kappa shape index (κ2) is 6.11. The molecule has 100 valence electrons. The van der Waals surface area contributed by atoms with Crippen molar-refractivity contribution in [3.05, 3.63) is 17.8 Å². The number of nitriles is 1. The van der Waals surface area contributed by atoms with Crippen LogP contribution >= 0.6 is 0 Å². The molecule has 7 heteroatoms. The first kappa shape index (κ1) is 13.2. The molecule has 1 aliphatic rings. The molecule has 0 amide bonds. The number of aliphatic carboxylic acids is 1. The molecule has 2 heterocycles. The zero-order valence-electron chi connectivity index (χ0n) is 10.5. The number of aromatic nitrogens is 2. The molecule has 0 aromatic carbocycles. The zero-order valence-corrected chi connectivity index (χ0v) is 10.5. The van der Waals surface area contributed by atoms with Crippen molar-refractivity contribution in [3.63, 3.8) is 0 Å². The van der Waals surface area contributed by atoms with E-state index in [1.165, 1.54) is 6.20 Å². The van der Waals surface area contributed by atoms with Gasteiger partial charge in [-0.3, -0.25) is 9.69 Å². The number of carboxylic acids is 1. The quantitative estimate of drug-likeness (QED) is 0.814. The van der Waals surface area contributed by atoms with Crippen molar-refractivity contribution in [2.24, 2.45) is 0 Å². The third-order valence-corrected chi connectivity index (χ3v) is 3.07. The normalized spacial score (nSPS) is 16.7. The van der Waals surface area contributed by atoms with Crippen molar-refractivity contribution < 1.29 is 9.90 Å². The molecule has 1 fully saturated rings. The van der Waals surface area contributed by atoms with E-state index in [0.29, 0.717) is 24.5 Å². The Labute approximate surface area is 111 Å². The number of hydrogen-bond donors (Lipinski definition) is 1. The highest BCUT2D eigenvalue weighted by atomic mass is 16.4. The Hall–Kier alpha value is -2.20. The monoisotopic (exact) mass is 261 g/mol. The lowest BCUT2D eigenvalue weighted by Gasteiger charge is -2.22. The van der Waals surface area contributed by atoms with Gasteiger partial charge in [0.1, 0.15) is 6.07 Å². The van der Waals surface area contributed by atoms with Crippen molar-refractivity contribution in [2.45, 2.75) is 6.42 Å². The fourth-order valence-electron chi connectivity index (χ4n) is 2.18. The molecule has 0 unspecified atom stereocenters. The van der Waals surface area contributed by atoms with Gasteiger partial charge >= 0.3 is 5.97 Å². The highest BCUT2D eigenvalue weighted by Gasteiger charge is 2.19. The Bertz CT molecular complexity index is 499. The Balaban J connectivity index is 2.07. The molecule has 0 spiro atoms. The van der Waals surface area contributed by atoms with Gasteiger partial charge in [0.2, 0.25) is 0 Å². The van der Waals surface area contributed by atoms with Crippen LogP contribution in [0.2, 0.25) is 0 Å². The number of carbonyl (C=O) groups is 1. The van der Waals surface area contributed by atoms with E-state index in [2.05, 4.69) is 16.3 Å². The van der Waals surface area contributed by atoms with Crippen molar-refractivity contribution in [1.29, 1.82) is 5.26 Å². The maximum atomic E-state index is 10.7. The van der Waals surface area contributed by atoms with Crippen molar-refractivity contribution in [2.75, 3.05) is 37.6 Å². The van der Waals surface area contributed by atoms with Gasteiger partial charge in [0.05, 0.1) is 18.3 Å². The highest BCUT2D eigenvalue weighted by Crippen LogP contribution is 2.17. The summed E-state index contributed by atoms with van der Waals surface area (Å²) in [4.78, 5) is 14.6. The molecule has 0 aliphatic carbocycles. The molecule has 7 nitrogen and oxygen atoms in total. The molecule has 19 heavy (non-hydrogen) atoms. The second-order valence-electron chi connectivity index (χ2n) is 4.39. The zero-order chi connectivity index (χ0) is 13.7. The van der Waals surface area contributed by atoms with Crippen molar-refractivity contribution in [3.8, 4) is 6.07 Å². The van der Waals surface area contributed by atoms with Crippen LogP contribution in [0.5, 0.6) is 0 Å². The first-order valence-electron chi connectivity index (χ1n) is 6.11. The average molecular weight is 261 g/mol. The first-order valence-corrected chi connectivity index (χ1v) is 6.11. The predicted octanol–water partition coefficient (Wildman–Crippen LogP) is -0.0550. The minimum absolute atomic E-state index is 0.0550.